The quantitative estimate of drug-likeness (QED) is 0.429. The summed E-state index contributed by atoms with van der Waals surface area (Å²) in [6.45, 7) is 0. The van der Waals surface area contributed by atoms with Crippen molar-refractivity contribution in [3.8, 4) is 0 Å². The van der Waals surface area contributed by atoms with Crippen molar-refractivity contribution >= 4 is 62.9 Å². The van der Waals surface area contributed by atoms with Crippen LogP contribution in [-0.2, 0) is 4.79 Å². The molecule has 6 nitrogen and oxygen atoms in total. The average Bonchev–Trinajstić information content (AvgIpc) is 2.92. The Morgan fingerprint density at radius 1 is 1.17 bits per heavy atom. The van der Waals surface area contributed by atoms with E-state index < -0.39 is 5.91 Å². The summed E-state index contributed by atoms with van der Waals surface area (Å²) in [6, 6.07) is 16.9. The third kappa shape index (κ3) is 3.44. The summed E-state index contributed by atoms with van der Waals surface area (Å²) in [6.07, 6.45) is 0. The molecule has 0 aromatic heterocycles. The van der Waals surface area contributed by atoms with Crippen LogP contribution in [0.1, 0.15) is 5.56 Å². The van der Waals surface area contributed by atoms with Gasteiger partial charge in [0.25, 0.3) is 0 Å². The summed E-state index contributed by atoms with van der Waals surface area (Å²) in [5, 5.41) is 9.29. The molecule has 1 heterocycles. The Bertz CT molecular complexity index is 849. The molecule has 1 amide bonds. The normalized spacial score (nSPS) is 15.5. The van der Waals surface area contributed by atoms with Crippen LogP contribution < -0.4 is 11.2 Å². The van der Waals surface area contributed by atoms with Crippen LogP contribution >= 0.6 is 34.8 Å². The molecule has 1 aliphatic heterocycles. The first kappa shape index (κ1) is 16.5. The van der Waals surface area contributed by atoms with E-state index in [1.807, 2.05) is 54.6 Å². The molecule has 0 radical (unpaired) electrons. The molecule has 3 N–H and O–H groups in total. The number of carbonyl (C=O) groups is 1. The van der Waals surface area contributed by atoms with Crippen LogP contribution in [0.2, 0.25) is 0 Å². The first-order chi connectivity index (χ1) is 11.6. The van der Waals surface area contributed by atoms with Crippen LogP contribution in [0.25, 0.3) is 0 Å². The van der Waals surface area contributed by atoms with Crippen molar-refractivity contribution in [2.75, 3.05) is 5.43 Å². The lowest BCUT2D eigenvalue weighted by Gasteiger charge is -2.07. The summed E-state index contributed by atoms with van der Waals surface area (Å²) in [5.74, 6) is -0.459. The van der Waals surface area contributed by atoms with E-state index in [1.165, 1.54) is 0 Å². The van der Waals surface area contributed by atoms with E-state index in [-0.39, 0.29) is 10.8 Å². The second-order valence-electron chi connectivity index (χ2n) is 4.85. The van der Waals surface area contributed by atoms with Crippen LogP contribution in [0.3, 0.4) is 0 Å². The van der Waals surface area contributed by atoms with Crippen LogP contribution in [-0.4, -0.2) is 27.5 Å². The van der Waals surface area contributed by atoms with Gasteiger partial charge in [-0.15, -0.1) is 0 Å². The Kier molecular flexibility index (Phi) is 4.86. The van der Waals surface area contributed by atoms with Crippen LogP contribution in [0.5, 0.6) is 0 Å². The number of anilines is 1. The average molecular weight is 449 g/mol. The fraction of sp³-hybridized carbons (Fsp3) is 0. The zero-order chi connectivity index (χ0) is 17.1. The molecule has 24 heavy (non-hydrogen) atoms. The summed E-state index contributed by atoms with van der Waals surface area (Å²) >= 11 is 7.10. The highest BCUT2D eigenvalue weighted by Crippen LogP contribution is 2.15. The smallest absolute Gasteiger partial charge is 0.303 e. The van der Waals surface area contributed by atoms with Crippen LogP contribution in [0, 0.1) is 3.57 Å². The van der Waals surface area contributed by atoms with Crippen molar-refractivity contribution < 1.29 is 4.79 Å². The van der Waals surface area contributed by atoms with Gasteiger partial charge in [-0.2, -0.15) is 15.2 Å². The highest BCUT2D eigenvalue weighted by Gasteiger charge is 2.34. The summed E-state index contributed by atoms with van der Waals surface area (Å²) in [7, 11) is 0. The highest BCUT2D eigenvalue weighted by atomic mass is 127. The topological polar surface area (TPSA) is 83.1 Å². The minimum atomic E-state index is -0.459. The van der Waals surface area contributed by atoms with Gasteiger partial charge in [-0.1, -0.05) is 30.3 Å². The molecular weight excluding hydrogens is 437 g/mol. The van der Waals surface area contributed by atoms with Gasteiger partial charge in [0.15, 0.2) is 10.8 Å². The third-order valence-corrected chi connectivity index (χ3v) is 4.11. The fourth-order valence-electron chi connectivity index (χ4n) is 2.08. The van der Waals surface area contributed by atoms with E-state index in [2.05, 4.69) is 38.2 Å². The van der Waals surface area contributed by atoms with E-state index in [4.69, 9.17) is 18.0 Å². The Labute approximate surface area is 157 Å². The van der Waals surface area contributed by atoms with Gasteiger partial charge < -0.3 is 5.73 Å². The summed E-state index contributed by atoms with van der Waals surface area (Å²) in [4.78, 5) is 12.5. The van der Waals surface area contributed by atoms with Crippen LogP contribution in [0.15, 0.2) is 64.8 Å². The maximum atomic E-state index is 12.5. The van der Waals surface area contributed by atoms with Crippen molar-refractivity contribution in [2.45, 2.75) is 0 Å². The Hall–Kier alpha value is -2.33. The number of rotatable bonds is 3. The molecule has 2 aromatic rings. The number of nitrogens with one attached hydrogen (secondary N) is 1. The number of hydrogen-bond donors (Lipinski definition) is 2. The monoisotopic (exact) mass is 449 g/mol. The molecule has 0 spiro atoms. The second kappa shape index (κ2) is 7.05. The van der Waals surface area contributed by atoms with Crippen molar-refractivity contribution in [2.24, 2.45) is 15.9 Å². The van der Waals surface area contributed by atoms with Gasteiger partial charge in [0.2, 0.25) is 0 Å². The number of amides is 1. The molecule has 0 fully saturated rings. The van der Waals surface area contributed by atoms with Crippen molar-refractivity contribution in [3.63, 3.8) is 0 Å². The molecule has 0 unspecified atom stereocenters. The van der Waals surface area contributed by atoms with Gasteiger partial charge in [-0.3, -0.25) is 10.2 Å². The molecule has 0 saturated carbocycles. The number of carbonyl (C=O) groups excluding carboxylic acids is 1. The number of thiocarbonyl (C=S) groups is 1. The molecule has 8 heteroatoms. The predicted molar refractivity (Wildman–Crippen MR) is 107 cm³/mol. The highest BCUT2D eigenvalue weighted by molar-refractivity contribution is 14.1. The maximum Gasteiger partial charge on any atom is 0.303 e. The van der Waals surface area contributed by atoms with Gasteiger partial charge in [0.05, 0.1) is 5.69 Å². The fourth-order valence-corrected chi connectivity index (χ4v) is 2.56. The molecule has 0 atom stereocenters. The first-order valence-electron chi connectivity index (χ1n) is 6.94. The van der Waals surface area contributed by atoms with Gasteiger partial charge in [-0.25, -0.2) is 0 Å². The van der Waals surface area contributed by atoms with Gasteiger partial charge in [0, 0.05) is 9.13 Å². The van der Waals surface area contributed by atoms with E-state index in [0.717, 1.165) is 19.8 Å². The number of halogens is 1. The molecule has 0 saturated heterocycles. The minimum Gasteiger partial charge on any atom is -0.374 e. The molecular formula is C16H12IN5OS. The van der Waals surface area contributed by atoms with Gasteiger partial charge in [-0.05, 0) is 59.1 Å². The minimum absolute atomic E-state index is 0.118. The first-order valence-corrected chi connectivity index (χ1v) is 8.42. The Morgan fingerprint density at radius 3 is 2.46 bits per heavy atom. The largest absolute Gasteiger partial charge is 0.374 e. The number of hydrogen-bond acceptors (Lipinski definition) is 5. The summed E-state index contributed by atoms with van der Waals surface area (Å²) in [5.41, 5.74) is 10.5. The predicted octanol–water partition coefficient (Wildman–Crippen LogP) is 2.55. The van der Waals surface area contributed by atoms with Gasteiger partial charge >= 0.3 is 5.91 Å². The SMILES string of the molecule is NC(=S)N1N=C(c2ccccc2)/C(=N\Nc2ccc(I)cc2)C1=O. The third-order valence-electron chi connectivity index (χ3n) is 3.22. The molecule has 2 aromatic carbocycles. The Morgan fingerprint density at radius 2 is 1.83 bits per heavy atom. The Balaban J connectivity index is 1.95. The summed E-state index contributed by atoms with van der Waals surface area (Å²) < 4.78 is 1.11. The second-order valence-corrected chi connectivity index (χ2v) is 6.51. The van der Waals surface area contributed by atoms with E-state index in [1.54, 1.807) is 0 Å². The molecule has 0 bridgehead atoms. The van der Waals surface area contributed by atoms with E-state index >= 15 is 0 Å². The zero-order valence-corrected chi connectivity index (χ0v) is 15.3. The van der Waals surface area contributed by atoms with Crippen molar-refractivity contribution in [3.05, 3.63) is 63.7 Å². The lowest BCUT2D eigenvalue weighted by Crippen LogP contribution is -2.36. The number of nitrogens with zero attached hydrogens (tertiary/aromatic N) is 3. The lowest BCUT2D eigenvalue weighted by molar-refractivity contribution is -0.119. The molecule has 0 aliphatic carbocycles. The van der Waals surface area contributed by atoms with Gasteiger partial charge in [0.1, 0.15) is 5.71 Å². The maximum absolute atomic E-state index is 12.5. The van der Waals surface area contributed by atoms with Crippen molar-refractivity contribution in [1.29, 1.82) is 0 Å². The molecule has 3 rings (SSSR count). The number of hydrazone groups is 2. The number of benzene rings is 2. The van der Waals surface area contributed by atoms with Crippen molar-refractivity contribution in [1.82, 2.24) is 5.01 Å². The molecule has 120 valence electrons. The van der Waals surface area contributed by atoms with E-state index in [9.17, 15) is 4.79 Å². The standard InChI is InChI=1S/C16H12IN5OS/c17-11-6-8-12(9-7-11)19-20-14-13(10-4-2-1-3-5-10)21-22(15(14)23)16(18)24/h1-9,19H,(H2,18,24)/b20-14+. The molecule has 1 aliphatic rings. The van der Waals surface area contributed by atoms with E-state index in [0.29, 0.717) is 5.71 Å². The zero-order valence-electron chi connectivity index (χ0n) is 12.3. The number of nitrogens with two attached hydrogens (primary N) is 1. The lowest BCUT2D eigenvalue weighted by atomic mass is 10.1. The van der Waals surface area contributed by atoms with Crippen LogP contribution in [0.4, 0.5) is 5.69 Å².